The van der Waals surface area contributed by atoms with Crippen molar-refractivity contribution in [3.8, 4) is 0 Å². The molecule has 0 amide bonds. The molecule has 12 nitrogen and oxygen atoms in total. The SMILES string of the molecule is CC(=O)O.CC(=O)O.CC(=O)[O-].CC(=O)[O-].N.N.NCCN.[Zn+2]. The van der Waals surface area contributed by atoms with Gasteiger partial charge in [0.2, 0.25) is 0 Å². The third kappa shape index (κ3) is 15900. The second kappa shape index (κ2) is 50.0. The molecule has 0 atom stereocenters. The Morgan fingerprint density at radius 2 is 0.783 bits per heavy atom. The molecule has 0 rings (SSSR count). The van der Waals surface area contributed by atoms with Crippen LogP contribution in [-0.4, -0.2) is 47.2 Å². The molecule has 138 valence electrons. The quantitative estimate of drug-likeness (QED) is 0.240. The van der Waals surface area contributed by atoms with Crippen LogP contribution in [-0.2, 0) is 38.7 Å². The number of nitrogens with two attached hydrogens (primary N) is 2. The Hall–Kier alpha value is -1.66. The molecule has 0 aliphatic rings. The van der Waals surface area contributed by atoms with Gasteiger partial charge in [-0.15, -0.1) is 0 Å². The summed E-state index contributed by atoms with van der Waals surface area (Å²) in [6.45, 7) is 5.31. The second-order valence-corrected chi connectivity index (χ2v) is 2.60. The minimum Gasteiger partial charge on any atom is -0.550 e. The number of carbonyl (C=O) groups excluding carboxylic acids is 2. The van der Waals surface area contributed by atoms with E-state index < -0.39 is 23.9 Å². The van der Waals surface area contributed by atoms with Crippen molar-refractivity contribution in [2.75, 3.05) is 13.1 Å². The fraction of sp³-hybridized carbons (Fsp3) is 0.600. The van der Waals surface area contributed by atoms with E-state index in [-0.39, 0.29) is 31.8 Å². The third-order valence-electron chi connectivity index (χ3n) is 0.167. The maximum Gasteiger partial charge on any atom is 2.00 e. The Labute approximate surface area is 148 Å². The van der Waals surface area contributed by atoms with Crippen LogP contribution in [0, 0.1) is 0 Å². The summed E-state index contributed by atoms with van der Waals surface area (Å²) in [5.74, 6) is -3.83. The van der Waals surface area contributed by atoms with Crippen molar-refractivity contribution in [3.63, 3.8) is 0 Å². The molecule has 13 heteroatoms. The Bertz CT molecular complexity index is 201. The zero-order chi connectivity index (χ0) is 17.7. The van der Waals surface area contributed by atoms with Crippen molar-refractivity contribution in [1.82, 2.24) is 12.3 Å². The maximum atomic E-state index is 9.00. The van der Waals surface area contributed by atoms with Gasteiger partial charge in [0.1, 0.15) is 0 Å². The summed E-state index contributed by atoms with van der Waals surface area (Å²) in [7, 11) is 0. The van der Waals surface area contributed by atoms with Gasteiger partial charge in [-0.2, -0.15) is 0 Å². The maximum absolute atomic E-state index is 9.00. The van der Waals surface area contributed by atoms with Gasteiger partial charge in [0.05, 0.1) is 0 Å². The molecular formula is C10H28N4O8Zn. The molecule has 0 heterocycles. The first-order chi connectivity index (χ1) is 8.84. The molecule has 0 aromatic carbocycles. The first kappa shape index (κ1) is 49.6. The average Bonchev–Trinajstić information content (AvgIpc) is 2.13. The van der Waals surface area contributed by atoms with Gasteiger partial charge in [0.15, 0.2) is 0 Å². The van der Waals surface area contributed by atoms with Gasteiger partial charge in [-0.05, 0) is 13.8 Å². The number of hydrogen-bond acceptors (Lipinski definition) is 10. The van der Waals surface area contributed by atoms with Crippen LogP contribution in [0.2, 0.25) is 0 Å². The van der Waals surface area contributed by atoms with Crippen molar-refractivity contribution >= 4 is 23.9 Å². The molecule has 0 bridgehead atoms. The molecule has 0 fully saturated rings. The van der Waals surface area contributed by atoms with Gasteiger partial charge in [-0.3, -0.25) is 9.59 Å². The zero-order valence-corrected chi connectivity index (χ0v) is 17.0. The van der Waals surface area contributed by atoms with E-state index in [1.165, 1.54) is 0 Å². The van der Waals surface area contributed by atoms with Gasteiger partial charge >= 0.3 is 19.5 Å². The summed E-state index contributed by atoms with van der Waals surface area (Å²) in [6, 6.07) is 0. The van der Waals surface area contributed by atoms with Crippen LogP contribution in [0.5, 0.6) is 0 Å². The van der Waals surface area contributed by atoms with Crippen LogP contribution in [0.4, 0.5) is 0 Å². The number of aliphatic carboxylic acids is 4. The van der Waals surface area contributed by atoms with Crippen LogP contribution in [0.3, 0.4) is 0 Å². The van der Waals surface area contributed by atoms with Crippen molar-refractivity contribution in [3.05, 3.63) is 0 Å². The van der Waals surface area contributed by atoms with E-state index in [4.69, 9.17) is 51.1 Å². The fourth-order valence-corrected chi connectivity index (χ4v) is 0. The smallest absolute Gasteiger partial charge is 0.550 e. The molecule has 0 spiro atoms. The van der Waals surface area contributed by atoms with Crippen LogP contribution >= 0.6 is 0 Å². The summed E-state index contributed by atoms with van der Waals surface area (Å²) < 4.78 is 0. The average molecular weight is 398 g/mol. The number of rotatable bonds is 1. The van der Waals surface area contributed by atoms with E-state index in [2.05, 4.69) is 0 Å². The number of carboxylic acids is 4. The molecule has 0 radical (unpaired) electrons. The number of carboxylic acid groups (broad SMARTS) is 4. The first-order valence-electron chi connectivity index (χ1n) is 4.99. The molecule has 0 saturated carbocycles. The molecular weight excluding hydrogens is 370 g/mol. The molecule has 0 saturated heterocycles. The van der Waals surface area contributed by atoms with Crippen molar-refractivity contribution in [2.24, 2.45) is 11.5 Å². The molecule has 23 heavy (non-hydrogen) atoms. The largest absolute Gasteiger partial charge is 2.00 e. The van der Waals surface area contributed by atoms with Crippen LogP contribution in [0.15, 0.2) is 0 Å². The normalized spacial score (nSPS) is 5.65. The van der Waals surface area contributed by atoms with E-state index in [0.29, 0.717) is 13.1 Å². The standard InChI is InChI=1S/C2H8N2.4C2H4O2.2H3N.Zn/c3-1-2-4;4*1-2(3)4;;;/h1-4H2;4*1H3,(H,3,4);2*1H3;/q;;;;;;;+2/p-2. The summed E-state index contributed by atoms with van der Waals surface area (Å²) in [4.78, 5) is 35.8. The number of carbonyl (C=O) groups is 4. The van der Waals surface area contributed by atoms with Crippen molar-refractivity contribution in [2.45, 2.75) is 27.7 Å². The predicted octanol–water partition coefficient (Wildman–Crippen LogP) is -3.08. The second-order valence-electron chi connectivity index (χ2n) is 2.60. The van der Waals surface area contributed by atoms with E-state index in [0.717, 1.165) is 27.7 Å². The molecule has 12 N–H and O–H groups in total. The summed E-state index contributed by atoms with van der Waals surface area (Å²) in [5.41, 5.74) is 9.81. The van der Waals surface area contributed by atoms with Gasteiger partial charge in [-0.25, -0.2) is 0 Å². The predicted molar refractivity (Wildman–Crippen MR) is 76.1 cm³/mol. The van der Waals surface area contributed by atoms with Gasteiger partial charge < -0.3 is 53.8 Å². The monoisotopic (exact) mass is 396 g/mol. The number of hydrogen-bond donors (Lipinski definition) is 6. The van der Waals surface area contributed by atoms with Crippen molar-refractivity contribution < 1.29 is 59.1 Å². The van der Waals surface area contributed by atoms with Gasteiger partial charge in [-0.1, -0.05) is 0 Å². The van der Waals surface area contributed by atoms with E-state index in [1.807, 2.05) is 0 Å². The van der Waals surface area contributed by atoms with Crippen molar-refractivity contribution in [1.29, 1.82) is 0 Å². The van der Waals surface area contributed by atoms with Crippen LogP contribution in [0.1, 0.15) is 27.7 Å². The third-order valence-corrected chi connectivity index (χ3v) is 0.167. The van der Waals surface area contributed by atoms with E-state index in [1.54, 1.807) is 0 Å². The molecule has 0 aliphatic heterocycles. The van der Waals surface area contributed by atoms with Gasteiger partial charge in [0.25, 0.3) is 11.9 Å². The Kier molecular flexibility index (Phi) is 108. The van der Waals surface area contributed by atoms with E-state index in [9.17, 15) is 0 Å². The minimum atomic E-state index is -1.08. The van der Waals surface area contributed by atoms with E-state index >= 15 is 0 Å². The Balaban J connectivity index is -0.0000000197. The summed E-state index contributed by atoms with van der Waals surface area (Å²) in [6.07, 6.45) is 0. The molecule has 0 aromatic heterocycles. The minimum absolute atomic E-state index is 0. The molecule has 0 aliphatic carbocycles. The summed E-state index contributed by atoms with van der Waals surface area (Å²) in [5, 5.41) is 32.6. The van der Waals surface area contributed by atoms with Crippen LogP contribution in [0.25, 0.3) is 0 Å². The first-order valence-corrected chi connectivity index (χ1v) is 4.99. The fourth-order valence-electron chi connectivity index (χ4n) is 0. The Morgan fingerprint density at radius 1 is 0.739 bits per heavy atom. The molecule has 0 unspecified atom stereocenters. The molecule has 0 aromatic rings. The zero-order valence-electron chi connectivity index (χ0n) is 14.0. The van der Waals surface area contributed by atoms with Crippen LogP contribution < -0.4 is 34.0 Å². The van der Waals surface area contributed by atoms with Gasteiger partial charge in [0, 0.05) is 38.9 Å². The topological polar surface area (TPSA) is 277 Å². The Morgan fingerprint density at radius 3 is 0.783 bits per heavy atom. The summed E-state index contributed by atoms with van der Waals surface area (Å²) >= 11 is 0.